The smallest absolute Gasteiger partial charge is 0.356 e. The molecule has 2 N–H and O–H groups in total. The van der Waals surface area contributed by atoms with Gasteiger partial charge in [0.25, 0.3) is 0 Å². The van der Waals surface area contributed by atoms with Gasteiger partial charge in [0, 0.05) is 17.6 Å². The Morgan fingerprint density at radius 1 is 1.00 bits per heavy atom. The van der Waals surface area contributed by atoms with Crippen LogP contribution in [-0.2, 0) is 9.53 Å². The zero-order chi connectivity index (χ0) is 14.9. The van der Waals surface area contributed by atoms with Crippen LogP contribution in [0.2, 0.25) is 0 Å². The molecule has 0 spiro atoms. The van der Waals surface area contributed by atoms with Crippen LogP contribution in [0, 0.1) is 0 Å². The van der Waals surface area contributed by atoms with E-state index in [-0.39, 0.29) is 0 Å². The van der Waals surface area contributed by atoms with Gasteiger partial charge in [-0.3, -0.25) is 0 Å². The number of benzene rings is 2. The van der Waals surface area contributed by atoms with Crippen molar-refractivity contribution in [3.05, 3.63) is 72.6 Å². The molecule has 2 rings (SSSR count). The summed E-state index contributed by atoms with van der Waals surface area (Å²) >= 11 is 0. The molecule has 0 heterocycles. The molecule has 2 aromatic carbocycles. The van der Waals surface area contributed by atoms with Gasteiger partial charge in [-0.25, -0.2) is 4.79 Å². The number of anilines is 2. The summed E-state index contributed by atoms with van der Waals surface area (Å²) in [6.07, 6.45) is 1.61. The van der Waals surface area contributed by atoms with Crippen molar-refractivity contribution in [3.63, 3.8) is 0 Å². The van der Waals surface area contributed by atoms with Crippen LogP contribution in [-0.4, -0.2) is 12.6 Å². The van der Waals surface area contributed by atoms with E-state index in [1.54, 1.807) is 13.1 Å². The summed E-state index contributed by atoms with van der Waals surface area (Å²) in [5.41, 5.74) is 2.08. The minimum atomic E-state index is -0.398. The summed E-state index contributed by atoms with van der Waals surface area (Å²) < 4.78 is 5.05. The van der Waals surface area contributed by atoms with Crippen molar-refractivity contribution in [1.82, 2.24) is 0 Å². The molecule has 0 amide bonds. The molecule has 0 aliphatic heterocycles. The van der Waals surface area contributed by atoms with E-state index in [2.05, 4.69) is 10.6 Å². The third-order valence-corrected chi connectivity index (χ3v) is 2.71. The lowest BCUT2D eigenvalue weighted by atomic mass is 10.3. The number of nitrogens with one attached hydrogen (secondary N) is 2. The molecule has 0 atom stereocenters. The number of esters is 1. The molecule has 0 aromatic heterocycles. The van der Waals surface area contributed by atoms with Gasteiger partial charge >= 0.3 is 5.97 Å². The molecule has 0 fully saturated rings. The van der Waals surface area contributed by atoms with Crippen LogP contribution >= 0.6 is 0 Å². The van der Waals surface area contributed by atoms with E-state index in [1.165, 1.54) is 0 Å². The molecule has 21 heavy (non-hydrogen) atoms. The zero-order valence-electron chi connectivity index (χ0n) is 11.9. The molecular weight excluding hydrogens is 264 g/mol. The average molecular weight is 282 g/mol. The van der Waals surface area contributed by atoms with E-state index in [9.17, 15) is 4.79 Å². The van der Waals surface area contributed by atoms with Crippen molar-refractivity contribution in [2.24, 2.45) is 0 Å². The fourth-order valence-corrected chi connectivity index (χ4v) is 1.72. The Hall–Kier alpha value is -2.75. The molecule has 0 saturated heterocycles. The normalized spacial score (nSPS) is 10.8. The molecule has 4 nitrogen and oxygen atoms in total. The Morgan fingerprint density at radius 2 is 1.57 bits per heavy atom. The maximum absolute atomic E-state index is 12.0. The van der Waals surface area contributed by atoms with Gasteiger partial charge in [0.1, 0.15) is 5.70 Å². The standard InChI is InChI=1S/C17H18N2O2/c1-2-21-17(20)16(19-15-11-7-4-8-12-15)13-18-14-9-5-3-6-10-14/h3-13,18-19H,2H2,1H3. The summed E-state index contributed by atoms with van der Waals surface area (Å²) in [5.74, 6) is -0.398. The van der Waals surface area contributed by atoms with Crippen molar-refractivity contribution in [2.45, 2.75) is 6.92 Å². The quantitative estimate of drug-likeness (QED) is 0.627. The Kier molecular flexibility index (Phi) is 5.41. The third-order valence-electron chi connectivity index (χ3n) is 2.71. The summed E-state index contributed by atoms with van der Waals surface area (Å²) in [4.78, 5) is 12.0. The highest BCUT2D eigenvalue weighted by Crippen LogP contribution is 2.12. The predicted octanol–water partition coefficient (Wildman–Crippen LogP) is 3.62. The molecule has 0 radical (unpaired) electrons. The van der Waals surface area contributed by atoms with Gasteiger partial charge in [-0.2, -0.15) is 0 Å². The van der Waals surface area contributed by atoms with E-state index in [0.29, 0.717) is 12.3 Å². The van der Waals surface area contributed by atoms with Gasteiger partial charge in [-0.15, -0.1) is 0 Å². The Morgan fingerprint density at radius 3 is 2.14 bits per heavy atom. The van der Waals surface area contributed by atoms with Crippen LogP contribution in [0.1, 0.15) is 6.92 Å². The van der Waals surface area contributed by atoms with Crippen LogP contribution in [0.25, 0.3) is 0 Å². The number of hydrogen-bond acceptors (Lipinski definition) is 4. The van der Waals surface area contributed by atoms with Crippen molar-refractivity contribution >= 4 is 17.3 Å². The highest BCUT2D eigenvalue weighted by molar-refractivity contribution is 5.92. The minimum absolute atomic E-state index is 0.331. The number of rotatable bonds is 6. The fourth-order valence-electron chi connectivity index (χ4n) is 1.72. The van der Waals surface area contributed by atoms with Crippen LogP contribution in [0.15, 0.2) is 72.6 Å². The maximum Gasteiger partial charge on any atom is 0.356 e. The van der Waals surface area contributed by atoms with Gasteiger partial charge in [-0.05, 0) is 31.2 Å². The fraction of sp³-hybridized carbons (Fsp3) is 0.118. The average Bonchev–Trinajstić information content (AvgIpc) is 2.53. The Bertz CT molecular complexity index is 595. The van der Waals surface area contributed by atoms with Gasteiger partial charge < -0.3 is 15.4 Å². The molecule has 0 aliphatic carbocycles. The Balaban J connectivity index is 2.13. The minimum Gasteiger partial charge on any atom is -0.461 e. The second-order valence-corrected chi connectivity index (χ2v) is 4.28. The van der Waals surface area contributed by atoms with Crippen molar-refractivity contribution < 1.29 is 9.53 Å². The van der Waals surface area contributed by atoms with E-state index in [0.717, 1.165) is 11.4 Å². The van der Waals surface area contributed by atoms with Gasteiger partial charge in [0.15, 0.2) is 0 Å². The molecule has 2 aromatic rings. The highest BCUT2D eigenvalue weighted by atomic mass is 16.5. The number of carbonyl (C=O) groups is 1. The highest BCUT2D eigenvalue weighted by Gasteiger charge is 2.10. The van der Waals surface area contributed by atoms with E-state index in [1.807, 2.05) is 60.7 Å². The lowest BCUT2D eigenvalue weighted by molar-refractivity contribution is -0.138. The monoisotopic (exact) mass is 282 g/mol. The summed E-state index contributed by atoms with van der Waals surface area (Å²) in [7, 11) is 0. The van der Waals surface area contributed by atoms with Crippen LogP contribution in [0.4, 0.5) is 11.4 Å². The van der Waals surface area contributed by atoms with Crippen molar-refractivity contribution in [2.75, 3.05) is 17.2 Å². The number of para-hydroxylation sites is 2. The Labute approximate surface area is 124 Å². The first-order valence-electron chi connectivity index (χ1n) is 6.80. The molecule has 0 aliphatic rings. The summed E-state index contributed by atoms with van der Waals surface area (Å²) in [6, 6.07) is 19.1. The number of ether oxygens (including phenoxy) is 1. The van der Waals surface area contributed by atoms with Gasteiger partial charge in [-0.1, -0.05) is 36.4 Å². The first kappa shape index (κ1) is 14.7. The van der Waals surface area contributed by atoms with Gasteiger partial charge in [0.2, 0.25) is 0 Å². The summed E-state index contributed by atoms with van der Waals surface area (Å²) in [5, 5.41) is 6.14. The van der Waals surface area contributed by atoms with E-state index >= 15 is 0 Å². The van der Waals surface area contributed by atoms with E-state index < -0.39 is 5.97 Å². The lowest BCUT2D eigenvalue weighted by Gasteiger charge is -2.11. The second-order valence-electron chi connectivity index (χ2n) is 4.28. The zero-order valence-corrected chi connectivity index (χ0v) is 11.9. The molecular formula is C17H18N2O2. The predicted molar refractivity (Wildman–Crippen MR) is 84.8 cm³/mol. The molecule has 4 heteroatoms. The van der Waals surface area contributed by atoms with Crippen molar-refractivity contribution in [1.29, 1.82) is 0 Å². The maximum atomic E-state index is 12.0. The lowest BCUT2D eigenvalue weighted by Crippen LogP contribution is -2.16. The van der Waals surface area contributed by atoms with Gasteiger partial charge in [0.05, 0.1) is 6.61 Å². The molecule has 0 unspecified atom stereocenters. The second kappa shape index (κ2) is 7.75. The molecule has 108 valence electrons. The number of carbonyl (C=O) groups excluding carboxylic acids is 1. The molecule has 0 saturated carbocycles. The van der Waals surface area contributed by atoms with Crippen LogP contribution in [0.5, 0.6) is 0 Å². The SMILES string of the molecule is CCOC(=O)C(=CNc1ccccc1)Nc1ccccc1. The number of hydrogen-bond donors (Lipinski definition) is 2. The largest absolute Gasteiger partial charge is 0.461 e. The van der Waals surface area contributed by atoms with Crippen LogP contribution in [0.3, 0.4) is 0 Å². The first-order valence-corrected chi connectivity index (χ1v) is 6.80. The van der Waals surface area contributed by atoms with Crippen molar-refractivity contribution in [3.8, 4) is 0 Å². The topological polar surface area (TPSA) is 50.4 Å². The summed E-state index contributed by atoms with van der Waals surface area (Å²) in [6.45, 7) is 2.11. The van der Waals surface area contributed by atoms with E-state index in [4.69, 9.17) is 4.74 Å². The van der Waals surface area contributed by atoms with Crippen LogP contribution < -0.4 is 10.6 Å². The third kappa shape index (κ3) is 4.69. The molecule has 0 bridgehead atoms. The first-order chi connectivity index (χ1) is 10.3.